The number of nitrogens with one attached hydrogen (secondary N) is 2. The first kappa shape index (κ1) is 21.0. The minimum Gasteiger partial charge on any atom is -0.296 e. The molecule has 2 N–H and O–H groups in total. The van der Waals surface area contributed by atoms with Gasteiger partial charge in [-0.15, -0.1) is 0 Å². The number of nitrogens with zero attached hydrogens (tertiary/aromatic N) is 3. The van der Waals surface area contributed by atoms with Crippen LogP contribution in [0.2, 0.25) is 0 Å². The molecular formula is C23H27N5O2S. The van der Waals surface area contributed by atoms with Gasteiger partial charge in [0.25, 0.3) is 10.0 Å². The number of hydrogen-bond acceptors (Lipinski definition) is 5. The van der Waals surface area contributed by atoms with Crippen LogP contribution < -0.4 is 20.6 Å². The van der Waals surface area contributed by atoms with Crippen molar-refractivity contribution in [2.75, 3.05) is 11.8 Å². The number of anilines is 1. The Morgan fingerprint density at radius 1 is 1.03 bits per heavy atom. The highest BCUT2D eigenvalue weighted by Gasteiger charge is 2.21. The highest BCUT2D eigenvalue weighted by molar-refractivity contribution is 7.92. The number of aromatic nitrogens is 2. The fourth-order valence-corrected chi connectivity index (χ4v) is 4.56. The first-order valence-corrected chi connectivity index (χ1v) is 11.5. The molecule has 0 amide bonds. The molecule has 2 heterocycles. The Hall–Kier alpha value is -3.26. The first-order valence-electron chi connectivity index (χ1n) is 10.1. The fourth-order valence-electron chi connectivity index (χ4n) is 3.53. The van der Waals surface area contributed by atoms with Crippen LogP contribution >= 0.6 is 0 Å². The van der Waals surface area contributed by atoms with Gasteiger partial charge in [0.1, 0.15) is 5.82 Å². The van der Waals surface area contributed by atoms with Crippen LogP contribution in [0.3, 0.4) is 0 Å². The van der Waals surface area contributed by atoms with E-state index in [0.717, 1.165) is 16.0 Å². The highest BCUT2D eigenvalue weighted by Crippen LogP contribution is 2.25. The average Bonchev–Trinajstić information content (AvgIpc) is 3.06. The smallest absolute Gasteiger partial charge is 0.263 e. The molecule has 0 spiro atoms. The van der Waals surface area contributed by atoms with E-state index in [4.69, 9.17) is 0 Å². The van der Waals surface area contributed by atoms with Crippen LogP contribution in [0.25, 0.3) is 12.0 Å². The molecule has 1 aliphatic rings. The summed E-state index contributed by atoms with van der Waals surface area (Å²) in [6.07, 6.45) is 1.97. The third kappa shape index (κ3) is 4.16. The maximum Gasteiger partial charge on any atom is 0.263 e. The van der Waals surface area contributed by atoms with Crippen molar-refractivity contribution < 1.29 is 8.42 Å². The zero-order chi connectivity index (χ0) is 22.4. The Balaban J connectivity index is 1.76. The van der Waals surface area contributed by atoms with Gasteiger partial charge in [-0.2, -0.15) is 9.78 Å². The van der Waals surface area contributed by atoms with E-state index >= 15 is 0 Å². The summed E-state index contributed by atoms with van der Waals surface area (Å²) in [4.78, 5) is 0.207. The van der Waals surface area contributed by atoms with Crippen molar-refractivity contribution in [1.29, 1.82) is 0 Å². The number of hydrogen-bond donors (Lipinski definition) is 2. The standard InChI is InChI=1S/C23H27N5O2S/c1-16-14-21(26-31(29,30)19-12-10-18(11-13-19)23(2,3)4)28(24-16)22-20-9-7-6-8-17(20)15-27(5)25-22/h6-15,25-26H,1-5H3. The molecule has 8 heteroatoms. The van der Waals surface area contributed by atoms with E-state index < -0.39 is 10.0 Å². The van der Waals surface area contributed by atoms with Crippen molar-refractivity contribution in [2.24, 2.45) is 0 Å². The highest BCUT2D eigenvalue weighted by atomic mass is 32.2. The lowest BCUT2D eigenvalue weighted by Gasteiger charge is -2.24. The van der Waals surface area contributed by atoms with E-state index in [-0.39, 0.29) is 10.3 Å². The predicted octanol–water partition coefficient (Wildman–Crippen LogP) is 2.09. The number of hydrazine groups is 1. The number of sulfonamides is 1. The van der Waals surface area contributed by atoms with Crippen LogP contribution in [0.1, 0.15) is 32.0 Å². The van der Waals surface area contributed by atoms with Crippen LogP contribution in [-0.4, -0.2) is 30.3 Å². The minimum absolute atomic E-state index is 0.0504. The van der Waals surface area contributed by atoms with Crippen molar-refractivity contribution in [1.82, 2.24) is 20.2 Å². The molecule has 3 aromatic rings. The van der Waals surface area contributed by atoms with E-state index in [0.29, 0.717) is 17.3 Å². The second-order valence-electron chi connectivity index (χ2n) is 8.75. The van der Waals surface area contributed by atoms with Crippen LogP contribution in [-0.2, 0) is 15.4 Å². The maximum absolute atomic E-state index is 13.1. The molecule has 0 saturated carbocycles. The lowest BCUT2D eigenvalue weighted by atomic mass is 9.87. The molecular weight excluding hydrogens is 410 g/mol. The summed E-state index contributed by atoms with van der Waals surface area (Å²) in [6.45, 7) is 8.11. The number of aryl methyl sites for hydroxylation is 1. The zero-order valence-electron chi connectivity index (χ0n) is 18.3. The summed E-state index contributed by atoms with van der Waals surface area (Å²) in [7, 11) is -1.91. The monoisotopic (exact) mass is 437 g/mol. The summed E-state index contributed by atoms with van der Waals surface area (Å²) >= 11 is 0. The predicted molar refractivity (Wildman–Crippen MR) is 123 cm³/mol. The SMILES string of the molecule is Cc1cc(NS(=O)(=O)c2ccc(C(C)(C)C)cc2)n(C2=c3ccccc3=CN(C)N2)n1. The van der Waals surface area contributed by atoms with Gasteiger partial charge in [-0.1, -0.05) is 57.2 Å². The Morgan fingerprint density at radius 3 is 2.39 bits per heavy atom. The van der Waals surface area contributed by atoms with Crippen molar-refractivity contribution in [2.45, 2.75) is 38.0 Å². The van der Waals surface area contributed by atoms with Gasteiger partial charge in [-0.05, 0) is 30.0 Å². The average molecular weight is 438 g/mol. The Bertz CT molecular complexity index is 1350. The summed E-state index contributed by atoms with van der Waals surface area (Å²) in [5.74, 6) is 1.04. The topological polar surface area (TPSA) is 79.3 Å². The molecule has 0 fully saturated rings. The quantitative estimate of drug-likeness (QED) is 0.654. The molecule has 0 radical (unpaired) electrons. The van der Waals surface area contributed by atoms with Crippen LogP contribution in [0.15, 0.2) is 59.5 Å². The normalized spacial score (nSPS) is 14.0. The van der Waals surface area contributed by atoms with Crippen LogP contribution in [0, 0.1) is 6.92 Å². The van der Waals surface area contributed by atoms with Gasteiger partial charge >= 0.3 is 0 Å². The molecule has 162 valence electrons. The Morgan fingerprint density at radius 2 is 1.71 bits per heavy atom. The van der Waals surface area contributed by atoms with Gasteiger partial charge in [0.15, 0.2) is 5.82 Å². The van der Waals surface area contributed by atoms with E-state index in [2.05, 4.69) is 36.0 Å². The second-order valence-corrected chi connectivity index (χ2v) is 10.4. The van der Waals surface area contributed by atoms with Crippen molar-refractivity contribution >= 4 is 27.9 Å². The van der Waals surface area contributed by atoms with Crippen molar-refractivity contribution in [3.63, 3.8) is 0 Å². The fraction of sp³-hybridized carbons (Fsp3) is 0.261. The molecule has 4 rings (SSSR count). The lowest BCUT2D eigenvalue weighted by Crippen LogP contribution is -2.46. The molecule has 1 aromatic heterocycles. The van der Waals surface area contributed by atoms with Crippen LogP contribution in [0.4, 0.5) is 5.82 Å². The summed E-state index contributed by atoms with van der Waals surface area (Å²) in [5.41, 5.74) is 4.97. The second kappa shape index (κ2) is 7.46. The number of fused-ring (bicyclic) bond motifs is 1. The van der Waals surface area contributed by atoms with Gasteiger partial charge in [0.05, 0.1) is 10.6 Å². The summed E-state index contributed by atoms with van der Waals surface area (Å²) < 4.78 is 30.5. The molecule has 0 unspecified atom stereocenters. The number of rotatable bonds is 4. The largest absolute Gasteiger partial charge is 0.296 e. The third-order valence-electron chi connectivity index (χ3n) is 5.14. The Kier molecular flexibility index (Phi) is 5.05. The third-order valence-corrected chi connectivity index (χ3v) is 6.51. The first-order chi connectivity index (χ1) is 14.5. The van der Waals surface area contributed by atoms with Gasteiger partial charge in [0.2, 0.25) is 0 Å². The molecule has 1 aliphatic heterocycles. The molecule has 0 saturated heterocycles. The van der Waals surface area contributed by atoms with Gasteiger partial charge in [-0.3, -0.25) is 15.2 Å². The Labute approximate surface area is 182 Å². The number of benzene rings is 2. The lowest BCUT2D eigenvalue weighted by molar-refractivity contribution is 0.415. The van der Waals surface area contributed by atoms with Crippen LogP contribution in [0.5, 0.6) is 0 Å². The molecule has 0 bridgehead atoms. The molecule has 31 heavy (non-hydrogen) atoms. The van der Waals surface area contributed by atoms with E-state index in [1.165, 1.54) is 0 Å². The summed E-state index contributed by atoms with van der Waals surface area (Å²) in [6, 6.07) is 16.6. The van der Waals surface area contributed by atoms with Crippen molar-refractivity contribution in [3.05, 3.63) is 76.3 Å². The zero-order valence-corrected chi connectivity index (χ0v) is 19.2. The molecule has 0 atom stereocenters. The van der Waals surface area contributed by atoms with Crippen molar-refractivity contribution in [3.8, 4) is 0 Å². The van der Waals surface area contributed by atoms with E-state index in [1.54, 1.807) is 22.9 Å². The summed E-state index contributed by atoms with van der Waals surface area (Å²) in [5, 5.41) is 8.30. The van der Waals surface area contributed by atoms with Gasteiger partial charge in [-0.25, -0.2) is 8.42 Å². The van der Waals surface area contributed by atoms with Gasteiger partial charge < -0.3 is 0 Å². The molecule has 7 nitrogen and oxygen atoms in total. The van der Waals surface area contributed by atoms with E-state index in [9.17, 15) is 8.42 Å². The maximum atomic E-state index is 13.1. The van der Waals surface area contributed by atoms with E-state index in [1.807, 2.05) is 61.6 Å². The molecule has 0 aliphatic carbocycles. The minimum atomic E-state index is -3.79. The van der Waals surface area contributed by atoms with Gasteiger partial charge in [0, 0.05) is 29.8 Å². The molecule has 2 aromatic carbocycles.